The van der Waals surface area contributed by atoms with Gasteiger partial charge in [-0.25, -0.2) is 4.58 Å². The van der Waals surface area contributed by atoms with E-state index >= 15 is 0 Å². The fourth-order valence-electron chi connectivity index (χ4n) is 0.926. The van der Waals surface area contributed by atoms with Crippen molar-refractivity contribution in [3.8, 4) is 0 Å². The van der Waals surface area contributed by atoms with Gasteiger partial charge in [-0.2, -0.15) is 0 Å². The van der Waals surface area contributed by atoms with E-state index in [1.807, 2.05) is 12.3 Å². The molecule has 0 saturated carbocycles. The van der Waals surface area contributed by atoms with E-state index in [-0.39, 0.29) is 0 Å². The highest BCUT2D eigenvalue weighted by atomic mass is 14.9. The van der Waals surface area contributed by atoms with Crippen molar-refractivity contribution in [1.29, 1.82) is 0 Å². The molecule has 1 aliphatic rings. The molecule has 0 atom stereocenters. The van der Waals surface area contributed by atoms with Gasteiger partial charge in [-0.1, -0.05) is 6.05 Å². The Hall–Kier alpha value is -0.590. The third kappa shape index (κ3) is 2.45. The summed E-state index contributed by atoms with van der Waals surface area (Å²) in [6.45, 7) is 1.13. The molecule has 50 valence electrons. The van der Waals surface area contributed by atoms with E-state index in [0.717, 1.165) is 25.4 Å². The average molecular weight is 125 g/mol. The molecule has 0 fully saturated rings. The minimum Gasteiger partial charge on any atom is -0.239 e. The predicted octanol–water partition coefficient (Wildman–Crippen LogP) is 1.44. The molecule has 0 spiro atoms. The molecule has 0 aromatic carbocycles. The van der Waals surface area contributed by atoms with E-state index in [9.17, 15) is 0 Å². The van der Waals surface area contributed by atoms with Crippen LogP contribution in [0, 0.1) is 0 Å². The van der Waals surface area contributed by atoms with Crippen molar-refractivity contribution in [2.45, 2.75) is 19.3 Å². The van der Waals surface area contributed by atoms with Crippen LogP contribution in [0.25, 0.3) is 0 Å². The quantitative estimate of drug-likeness (QED) is 0.431. The van der Waals surface area contributed by atoms with Gasteiger partial charge in [-0.3, -0.25) is 0 Å². The summed E-state index contributed by atoms with van der Waals surface area (Å²) in [7, 11) is 2.05. The summed E-state index contributed by atoms with van der Waals surface area (Å²) in [5.41, 5.74) is 0. The zero-order chi connectivity index (χ0) is 7.40. The first kappa shape index (κ1) is 5.21. The van der Waals surface area contributed by atoms with Crippen molar-refractivity contribution in [2.75, 3.05) is 13.6 Å². The fourth-order valence-corrected chi connectivity index (χ4v) is 0.926. The Bertz CT molecular complexity index is 150. The molecule has 0 unspecified atom stereocenters. The second kappa shape index (κ2) is 3.44. The number of rotatable bonds is 0. The van der Waals surface area contributed by atoms with Crippen LogP contribution in [-0.4, -0.2) is 24.4 Å². The zero-order valence-corrected chi connectivity index (χ0v) is 5.93. The lowest BCUT2D eigenvalue weighted by atomic mass is 10.2. The third-order valence-corrected chi connectivity index (χ3v) is 1.53. The molecule has 0 bridgehead atoms. The minimum absolute atomic E-state index is 0.756. The standard InChI is InChI=1S/C8H14N/c1-9-7-5-3-2-4-6-8-9/h3,5,7H,2,4,6,8H2,1H3/q+1/b5-3-,9-7?/i3D. The van der Waals surface area contributed by atoms with Crippen LogP contribution >= 0.6 is 0 Å². The maximum atomic E-state index is 7.40. The van der Waals surface area contributed by atoms with E-state index in [2.05, 4.69) is 11.6 Å². The molecule has 0 saturated heterocycles. The van der Waals surface area contributed by atoms with Crippen LogP contribution in [0.2, 0.25) is 0 Å². The van der Waals surface area contributed by atoms with Crippen LogP contribution in [-0.2, 0) is 0 Å². The monoisotopic (exact) mass is 125 g/mol. The smallest absolute Gasteiger partial charge is 0.162 e. The SMILES string of the molecule is [2H]/C1=C/C=[N+](C)CCCC1. The molecule has 1 rings (SSSR count). The van der Waals surface area contributed by atoms with Gasteiger partial charge in [0.15, 0.2) is 6.21 Å². The van der Waals surface area contributed by atoms with Gasteiger partial charge >= 0.3 is 0 Å². The van der Waals surface area contributed by atoms with Gasteiger partial charge < -0.3 is 0 Å². The van der Waals surface area contributed by atoms with Crippen LogP contribution in [0.1, 0.15) is 20.6 Å². The summed E-state index contributed by atoms with van der Waals surface area (Å²) in [6.07, 6.45) is 7.20. The third-order valence-electron chi connectivity index (χ3n) is 1.53. The van der Waals surface area contributed by atoms with Crippen molar-refractivity contribution in [3.05, 3.63) is 12.1 Å². The van der Waals surface area contributed by atoms with Crippen molar-refractivity contribution in [3.63, 3.8) is 0 Å². The van der Waals surface area contributed by atoms with Crippen LogP contribution in [0.3, 0.4) is 0 Å². The molecule has 0 amide bonds. The summed E-state index contributed by atoms with van der Waals surface area (Å²) in [5, 5.41) is 0. The van der Waals surface area contributed by atoms with Crippen molar-refractivity contribution in [2.24, 2.45) is 0 Å². The second-order valence-electron chi connectivity index (χ2n) is 2.46. The van der Waals surface area contributed by atoms with E-state index in [1.165, 1.54) is 6.42 Å². The molecular formula is C8H14N+. The number of nitrogens with zero attached hydrogens (tertiary/aromatic N) is 1. The normalized spacial score (nSPS) is 28.8. The highest BCUT2D eigenvalue weighted by Gasteiger charge is 1.95. The van der Waals surface area contributed by atoms with Crippen molar-refractivity contribution >= 4 is 6.21 Å². The molecule has 0 N–H and O–H groups in total. The van der Waals surface area contributed by atoms with E-state index in [1.54, 1.807) is 0 Å². The predicted molar refractivity (Wildman–Crippen MR) is 40.1 cm³/mol. The Balaban J connectivity index is 2.61. The second-order valence-corrected chi connectivity index (χ2v) is 2.46. The van der Waals surface area contributed by atoms with E-state index in [4.69, 9.17) is 1.37 Å². The number of hydrogen-bond donors (Lipinski definition) is 0. The first-order valence-electron chi connectivity index (χ1n) is 4.00. The maximum Gasteiger partial charge on any atom is 0.162 e. The molecule has 0 radical (unpaired) electrons. The van der Waals surface area contributed by atoms with Gasteiger partial charge in [-0.15, -0.1) is 0 Å². The van der Waals surface area contributed by atoms with Gasteiger partial charge in [0.05, 0.1) is 1.37 Å². The molecule has 1 heterocycles. The Morgan fingerprint density at radius 2 is 2.44 bits per heavy atom. The lowest BCUT2D eigenvalue weighted by Gasteiger charge is -1.97. The Labute approximate surface area is 58.1 Å². The van der Waals surface area contributed by atoms with Crippen molar-refractivity contribution in [1.82, 2.24) is 0 Å². The van der Waals surface area contributed by atoms with Crippen LogP contribution in [0.4, 0.5) is 0 Å². The first-order chi connectivity index (χ1) is 4.79. The average Bonchev–Trinajstić information content (AvgIpc) is 1.90. The van der Waals surface area contributed by atoms with E-state index < -0.39 is 0 Å². The van der Waals surface area contributed by atoms with Crippen LogP contribution in [0.15, 0.2) is 12.1 Å². The summed E-state index contributed by atoms with van der Waals surface area (Å²) in [5.74, 6) is 0. The molecular weight excluding hydrogens is 110 g/mol. The highest BCUT2D eigenvalue weighted by molar-refractivity contribution is 5.65. The summed E-state index contributed by atoms with van der Waals surface area (Å²) in [6, 6.07) is 0.756. The number of hydrogen-bond acceptors (Lipinski definition) is 0. The van der Waals surface area contributed by atoms with Gasteiger partial charge in [-0.05, 0) is 18.9 Å². The number of allylic oxidation sites excluding steroid dienone is 2. The largest absolute Gasteiger partial charge is 0.239 e. The van der Waals surface area contributed by atoms with E-state index in [0.29, 0.717) is 0 Å². The lowest BCUT2D eigenvalue weighted by molar-refractivity contribution is -0.492. The molecule has 1 heteroatoms. The molecule has 1 nitrogen and oxygen atoms in total. The molecule has 0 aliphatic carbocycles. The van der Waals surface area contributed by atoms with Crippen LogP contribution in [0.5, 0.6) is 0 Å². The fraction of sp³-hybridized carbons (Fsp3) is 0.625. The first-order valence-corrected chi connectivity index (χ1v) is 3.50. The summed E-state index contributed by atoms with van der Waals surface area (Å²) in [4.78, 5) is 0. The van der Waals surface area contributed by atoms with Crippen molar-refractivity contribution < 1.29 is 5.95 Å². The maximum absolute atomic E-state index is 7.40. The molecule has 0 aromatic heterocycles. The molecule has 1 aliphatic heterocycles. The Kier molecular flexibility index (Phi) is 1.99. The molecule has 0 aromatic rings. The topological polar surface area (TPSA) is 3.01 Å². The van der Waals surface area contributed by atoms with Crippen LogP contribution < -0.4 is 0 Å². The summed E-state index contributed by atoms with van der Waals surface area (Å²) >= 11 is 0. The lowest BCUT2D eigenvalue weighted by Crippen LogP contribution is -2.08. The van der Waals surface area contributed by atoms with Gasteiger partial charge in [0.1, 0.15) is 13.6 Å². The zero-order valence-electron chi connectivity index (χ0n) is 6.93. The van der Waals surface area contributed by atoms with Gasteiger partial charge in [0, 0.05) is 6.42 Å². The Morgan fingerprint density at radius 1 is 1.56 bits per heavy atom. The Morgan fingerprint density at radius 3 is 3.33 bits per heavy atom. The molecule has 9 heavy (non-hydrogen) atoms. The van der Waals surface area contributed by atoms with Gasteiger partial charge in [0.25, 0.3) is 0 Å². The summed E-state index contributed by atoms with van der Waals surface area (Å²) < 4.78 is 9.54. The minimum atomic E-state index is 0.756. The van der Waals surface area contributed by atoms with Gasteiger partial charge in [0.2, 0.25) is 0 Å². The highest BCUT2D eigenvalue weighted by Crippen LogP contribution is 1.97.